The fraction of sp³-hybridized carbons (Fsp3) is 0.548. The maximum absolute atomic E-state index is 12.9. The average Bonchev–Trinajstić information content (AvgIpc) is 3.33. The molecule has 174 valence electrons. The van der Waals surface area contributed by atoms with Crippen molar-refractivity contribution in [2.24, 2.45) is 11.8 Å². The molecule has 3 aliphatic carbocycles. The van der Waals surface area contributed by atoms with E-state index in [9.17, 15) is 4.79 Å². The summed E-state index contributed by atoms with van der Waals surface area (Å²) < 4.78 is 0. The van der Waals surface area contributed by atoms with Gasteiger partial charge >= 0.3 is 0 Å². The van der Waals surface area contributed by atoms with Gasteiger partial charge in [0.25, 0.3) is 0 Å². The van der Waals surface area contributed by atoms with Crippen LogP contribution in [0.25, 0.3) is 6.08 Å². The smallest absolute Gasteiger partial charge is 0.133 e. The first-order chi connectivity index (χ1) is 16.2. The third-order valence-corrected chi connectivity index (χ3v) is 8.55. The van der Waals surface area contributed by atoms with Gasteiger partial charge in [0, 0.05) is 25.0 Å². The van der Waals surface area contributed by atoms with Crippen LogP contribution in [0.15, 0.2) is 42.6 Å². The number of carbonyl (C=O) groups excluding carboxylic acids is 1. The molecule has 0 amide bonds. The minimum Gasteiger partial charge on any atom is -0.300 e. The van der Waals surface area contributed by atoms with Gasteiger partial charge in [-0.1, -0.05) is 62.6 Å². The van der Waals surface area contributed by atoms with Crippen molar-refractivity contribution in [2.45, 2.75) is 95.8 Å². The van der Waals surface area contributed by atoms with E-state index in [2.05, 4.69) is 49.4 Å². The molecule has 0 radical (unpaired) electrons. The van der Waals surface area contributed by atoms with Crippen molar-refractivity contribution in [1.29, 1.82) is 0 Å². The minimum atomic E-state index is 0.448. The number of ketones is 1. The van der Waals surface area contributed by atoms with Gasteiger partial charge in [-0.3, -0.25) is 9.78 Å². The number of allylic oxidation sites excluding steroid dienone is 1. The van der Waals surface area contributed by atoms with Crippen LogP contribution in [0.3, 0.4) is 0 Å². The monoisotopic (exact) mass is 441 g/mol. The highest BCUT2D eigenvalue weighted by molar-refractivity contribution is 5.79. The number of hydrogen-bond acceptors (Lipinski definition) is 2. The van der Waals surface area contributed by atoms with Gasteiger partial charge < -0.3 is 0 Å². The van der Waals surface area contributed by atoms with E-state index in [1.165, 1.54) is 72.9 Å². The van der Waals surface area contributed by atoms with E-state index in [1.807, 2.05) is 6.20 Å². The highest BCUT2D eigenvalue weighted by Gasteiger charge is 2.28. The first-order valence-corrected chi connectivity index (χ1v) is 13.4. The van der Waals surface area contributed by atoms with Crippen molar-refractivity contribution < 1.29 is 4.79 Å². The number of hydrogen-bond donors (Lipinski definition) is 0. The molecule has 0 spiro atoms. The molecule has 2 heteroatoms. The average molecular weight is 442 g/mol. The van der Waals surface area contributed by atoms with E-state index in [0.717, 1.165) is 37.5 Å². The number of aryl methyl sites for hydroxylation is 1. The Balaban J connectivity index is 1.14. The fourth-order valence-electron chi connectivity index (χ4n) is 6.56. The molecule has 1 aromatic heterocycles. The van der Waals surface area contributed by atoms with Crippen LogP contribution in [-0.2, 0) is 17.6 Å². The van der Waals surface area contributed by atoms with Crippen molar-refractivity contribution in [3.8, 4) is 0 Å². The van der Waals surface area contributed by atoms with Crippen LogP contribution in [0.2, 0.25) is 0 Å². The quantitative estimate of drug-likeness (QED) is 0.438. The minimum absolute atomic E-state index is 0.448. The van der Waals surface area contributed by atoms with E-state index in [-0.39, 0.29) is 0 Å². The number of rotatable bonds is 7. The Morgan fingerprint density at radius 3 is 2.79 bits per heavy atom. The summed E-state index contributed by atoms with van der Waals surface area (Å²) in [5.41, 5.74) is 6.91. The van der Waals surface area contributed by atoms with E-state index < -0.39 is 0 Å². The van der Waals surface area contributed by atoms with Gasteiger partial charge in [-0.15, -0.1) is 0 Å². The lowest BCUT2D eigenvalue weighted by Gasteiger charge is -2.29. The van der Waals surface area contributed by atoms with E-state index in [1.54, 1.807) is 0 Å². The SMILES string of the molecule is CC1CCC(c2cccc(CCC(=O)CC3CCCC(c4nccc5c4C=CC5)C3)c2)CC1. The Morgan fingerprint density at radius 2 is 1.91 bits per heavy atom. The second-order valence-corrected chi connectivity index (χ2v) is 11.0. The molecular formula is C31H39NO. The first-order valence-electron chi connectivity index (χ1n) is 13.4. The van der Waals surface area contributed by atoms with Crippen LogP contribution < -0.4 is 0 Å². The van der Waals surface area contributed by atoms with Gasteiger partial charge in [0.2, 0.25) is 0 Å². The summed E-state index contributed by atoms with van der Waals surface area (Å²) >= 11 is 0. The number of pyridine rings is 1. The normalized spacial score (nSPS) is 26.8. The summed E-state index contributed by atoms with van der Waals surface area (Å²) in [6.45, 7) is 2.38. The number of aromatic nitrogens is 1. The number of nitrogens with zero attached hydrogens (tertiary/aromatic N) is 1. The van der Waals surface area contributed by atoms with Gasteiger partial charge in [0.15, 0.2) is 0 Å². The molecule has 0 N–H and O–H groups in total. The third kappa shape index (κ3) is 5.48. The van der Waals surface area contributed by atoms with E-state index >= 15 is 0 Å². The standard InChI is InChI=1S/C31H39NO/c1-22-11-14-25(15-12-22)27-8-2-5-23(19-27)13-16-29(33)21-24-6-3-9-28(20-24)31-30-10-4-7-26(30)17-18-32-31/h2,4-5,8,10,17-19,22,24-25,28H,3,6-7,9,11-16,20-21H2,1H3. The fourth-order valence-corrected chi connectivity index (χ4v) is 6.56. The van der Waals surface area contributed by atoms with Crippen LogP contribution >= 0.6 is 0 Å². The van der Waals surface area contributed by atoms with Crippen LogP contribution in [0.1, 0.15) is 111 Å². The van der Waals surface area contributed by atoms with Crippen LogP contribution in [0.5, 0.6) is 0 Å². The van der Waals surface area contributed by atoms with Crippen molar-refractivity contribution in [2.75, 3.05) is 0 Å². The van der Waals surface area contributed by atoms with Crippen molar-refractivity contribution in [1.82, 2.24) is 4.98 Å². The second kappa shape index (κ2) is 10.4. The molecule has 0 aliphatic heterocycles. The predicted octanol–water partition coefficient (Wildman–Crippen LogP) is 7.81. The molecule has 0 bridgehead atoms. The molecule has 3 aliphatic rings. The largest absolute Gasteiger partial charge is 0.300 e. The molecule has 2 saturated carbocycles. The molecule has 2 unspecified atom stereocenters. The Hall–Kier alpha value is -2.22. The zero-order valence-electron chi connectivity index (χ0n) is 20.3. The predicted molar refractivity (Wildman–Crippen MR) is 136 cm³/mol. The topological polar surface area (TPSA) is 30.0 Å². The molecule has 1 heterocycles. The van der Waals surface area contributed by atoms with E-state index in [4.69, 9.17) is 4.98 Å². The number of carbonyl (C=O) groups is 1. The first kappa shape index (κ1) is 22.6. The lowest BCUT2D eigenvalue weighted by atomic mass is 9.76. The molecule has 2 aromatic rings. The Morgan fingerprint density at radius 1 is 1.03 bits per heavy atom. The number of fused-ring (bicyclic) bond motifs is 1. The highest BCUT2D eigenvalue weighted by atomic mass is 16.1. The highest BCUT2D eigenvalue weighted by Crippen LogP contribution is 2.40. The number of benzene rings is 1. The molecule has 1 aromatic carbocycles. The lowest BCUT2D eigenvalue weighted by molar-refractivity contribution is -0.120. The maximum Gasteiger partial charge on any atom is 0.133 e. The molecule has 5 rings (SSSR count). The van der Waals surface area contributed by atoms with Gasteiger partial charge in [-0.05, 0) is 91.0 Å². The maximum atomic E-state index is 12.9. The van der Waals surface area contributed by atoms with Crippen LogP contribution in [0.4, 0.5) is 0 Å². The van der Waals surface area contributed by atoms with Gasteiger partial charge in [0.1, 0.15) is 5.78 Å². The zero-order valence-corrected chi connectivity index (χ0v) is 20.3. The molecule has 2 atom stereocenters. The van der Waals surface area contributed by atoms with Crippen LogP contribution in [0, 0.1) is 11.8 Å². The molecular weight excluding hydrogens is 402 g/mol. The Labute approximate surface area is 199 Å². The lowest BCUT2D eigenvalue weighted by Crippen LogP contribution is -2.19. The summed E-state index contributed by atoms with van der Waals surface area (Å²) in [6, 6.07) is 11.3. The third-order valence-electron chi connectivity index (χ3n) is 8.55. The summed E-state index contributed by atoms with van der Waals surface area (Å²) in [7, 11) is 0. The van der Waals surface area contributed by atoms with Gasteiger partial charge in [-0.25, -0.2) is 0 Å². The molecule has 2 fully saturated rings. The summed E-state index contributed by atoms with van der Waals surface area (Å²) in [4.78, 5) is 17.7. The second-order valence-electron chi connectivity index (χ2n) is 11.0. The Bertz CT molecular complexity index is 998. The molecule has 2 nitrogen and oxygen atoms in total. The van der Waals surface area contributed by atoms with E-state index in [0.29, 0.717) is 24.0 Å². The summed E-state index contributed by atoms with van der Waals surface area (Å²) in [5, 5.41) is 0. The summed E-state index contributed by atoms with van der Waals surface area (Å²) in [6.07, 6.45) is 20.0. The number of Topliss-reactive ketones (excluding diaryl/α,β-unsaturated/α-hetero) is 1. The Kier molecular flexibility index (Phi) is 7.09. The van der Waals surface area contributed by atoms with Gasteiger partial charge in [0.05, 0.1) is 5.69 Å². The molecule has 0 saturated heterocycles. The summed E-state index contributed by atoms with van der Waals surface area (Å²) in [5.74, 6) is 3.10. The van der Waals surface area contributed by atoms with Crippen molar-refractivity contribution >= 4 is 11.9 Å². The van der Waals surface area contributed by atoms with Crippen molar-refractivity contribution in [3.63, 3.8) is 0 Å². The molecule has 33 heavy (non-hydrogen) atoms. The van der Waals surface area contributed by atoms with Crippen LogP contribution in [-0.4, -0.2) is 10.8 Å². The zero-order chi connectivity index (χ0) is 22.6. The van der Waals surface area contributed by atoms with Gasteiger partial charge in [-0.2, -0.15) is 0 Å². The van der Waals surface area contributed by atoms with Crippen molar-refractivity contribution in [3.05, 3.63) is 70.6 Å².